The van der Waals surface area contributed by atoms with Crippen LogP contribution in [0.15, 0.2) is 36.4 Å². The van der Waals surface area contributed by atoms with E-state index in [1.54, 1.807) is 31.4 Å². The largest absolute Gasteiger partial charge is 0.491 e. The van der Waals surface area contributed by atoms with Gasteiger partial charge >= 0.3 is 5.97 Å². The third-order valence-corrected chi connectivity index (χ3v) is 7.10. The normalized spacial score (nSPS) is 15.4. The van der Waals surface area contributed by atoms with E-state index in [1.807, 2.05) is 0 Å². The van der Waals surface area contributed by atoms with Gasteiger partial charge in [-0.25, -0.2) is 9.78 Å². The zero-order valence-electron chi connectivity index (χ0n) is 22.3. The summed E-state index contributed by atoms with van der Waals surface area (Å²) in [5.41, 5.74) is 2.80. The van der Waals surface area contributed by atoms with Gasteiger partial charge in [0.05, 0.1) is 6.61 Å². The van der Waals surface area contributed by atoms with Crippen LogP contribution in [0.1, 0.15) is 60.1 Å². The third-order valence-electron chi connectivity index (χ3n) is 7.10. The van der Waals surface area contributed by atoms with Crippen LogP contribution >= 0.6 is 0 Å². The number of ether oxygens (including phenoxy) is 2. The molecule has 2 heterocycles. The van der Waals surface area contributed by atoms with Crippen molar-refractivity contribution >= 4 is 17.7 Å². The van der Waals surface area contributed by atoms with Crippen LogP contribution in [0, 0.1) is 0 Å². The maximum Gasteiger partial charge on any atom is 0.326 e. The lowest BCUT2D eigenvalue weighted by molar-refractivity contribution is -0.139. The van der Waals surface area contributed by atoms with E-state index in [0.29, 0.717) is 43.5 Å². The summed E-state index contributed by atoms with van der Waals surface area (Å²) < 4.78 is 10.5. The van der Waals surface area contributed by atoms with E-state index in [0.717, 1.165) is 69.5 Å². The lowest BCUT2D eigenvalue weighted by atomic mass is 10.1. The first-order valence-corrected chi connectivity index (χ1v) is 13.8. The number of pyridine rings is 1. The molecule has 1 amide bonds. The number of carbonyl (C=O) groups excluding carboxylic acids is 1. The van der Waals surface area contributed by atoms with Crippen molar-refractivity contribution < 1.29 is 24.2 Å². The van der Waals surface area contributed by atoms with Crippen LogP contribution in [0.25, 0.3) is 0 Å². The summed E-state index contributed by atoms with van der Waals surface area (Å²) in [6.07, 6.45) is 7.93. The third kappa shape index (κ3) is 8.43. The molecule has 9 heteroatoms. The number of anilines is 1. The van der Waals surface area contributed by atoms with Crippen LogP contribution in [-0.4, -0.2) is 78.9 Å². The number of rotatable bonds is 16. The van der Waals surface area contributed by atoms with E-state index >= 15 is 0 Å². The van der Waals surface area contributed by atoms with E-state index in [-0.39, 0.29) is 0 Å². The molecule has 0 radical (unpaired) electrons. The van der Waals surface area contributed by atoms with E-state index in [9.17, 15) is 14.7 Å². The van der Waals surface area contributed by atoms with Gasteiger partial charge in [-0.2, -0.15) is 0 Å². The van der Waals surface area contributed by atoms with Crippen molar-refractivity contribution in [2.45, 2.75) is 63.5 Å². The smallest absolute Gasteiger partial charge is 0.326 e. The number of aromatic nitrogens is 1. The Morgan fingerprint density at radius 2 is 2.05 bits per heavy atom. The van der Waals surface area contributed by atoms with Crippen molar-refractivity contribution in [2.24, 2.45) is 0 Å². The Morgan fingerprint density at radius 3 is 2.84 bits per heavy atom. The monoisotopic (exact) mass is 524 g/mol. The van der Waals surface area contributed by atoms with Gasteiger partial charge in [0.25, 0.3) is 5.91 Å². The maximum atomic E-state index is 12.8. The molecule has 0 saturated heterocycles. The second-order valence-electron chi connectivity index (χ2n) is 10.1. The predicted molar refractivity (Wildman–Crippen MR) is 146 cm³/mol. The first-order chi connectivity index (χ1) is 18.5. The molecule has 38 heavy (non-hydrogen) atoms. The Kier molecular flexibility index (Phi) is 10.3. The van der Waals surface area contributed by atoms with Crippen LogP contribution in [-0.2, 0) is 22.4 Å². The number of fused-ring (bicyclic) bond motifs is 1. The molecule has 2 aliphatic rings. The van der Waals surface area contributed by atoms with Crippen molar-refractivity contribution in [3.8, 4) is 5.75 Å². The minimum atomic E-state index is -1.02. The highest BCUT2D eigenvalue weighted by molar-refractivity contribution is 5.96. The lowest BCUT2D eigenvalue weighted by Crippen LogP contribution is -2.43. The molecule has 0 spiro atoms. The Morgan fingerprint density at radius 1 is 1.18 bits per heavy atom. The topological polar surface area (TPSA) is 113 Å². The number of hydrogen-bond donors (Lipinski definition) is 3. The zero-order valence-corrected chi connectivity index (χ0v) is 22.3. The molecule has 1 aliphatic heterocycles. The fourth-order valence-corrected chi connectivity index (χ4v) is 4.81. The van der Waals surface area contributed by atoms with Gasteiger partial charge in [0.15, 0.2) is 0 Å². The van der Waals surface area contributed by atoms with Crippen LogP contribution in [0.4, 0.5) is 5.82 Å². The van der Waals surface area contributed by atoms with Gasteiger partial charge in [-0.3, -0.25) is 4.79 Å². The number of aliphatic carboxylic acids is 1. The molecular formula is C29H40N4O5. The van der Waals surface area contributed by atoms with Crippen molar-refractivity contribution in [2.75, 3.05) is 45.3 Å². The number of carboxylic acids is 1. The molecule has 2 aromatic rings. The first-order valence-electron chi connectivity index (χ1n) is 13.8. The van der Waals surface area contributed by atoms with Crippen LogP contribution < -0.4 is 15.4 Å². The summed E-state index contributed by atoms with van der Waals surface area (Å²) in [6.45, 7) is 3.38. The number of methoxy groups -OCH3 is 1. The van der Waals surface area contributed by atoms with Crippen LogP contribution in [0.3, 0.4) is 0 Å². The molecule has 1 aromatic carbocycles. The van der Waals surface area contributed by atoms with Crippen molar-refractivity contribution in [1.29, 1.82) is 0 Å². The summed E-state index contributed by atoms with van der Waals surface area (Å²) in [4.78, 5) is 31.9. The number of unbranched alkanes of at least 4 members (excludes halogenated alkanes) is 1. The van der Waals surface area contributed by atoms with Crippen molar-refractivity contribution in [3.63, 3.8) is 0 Å². The number of carboxylic acid groups (broad SMARTS) is 1. The molecule has 0 bridgehead atoms. The van der Waals surface area contributed by atoms with E-state index < -0.39 is 17.9 Å². The SMILES string of the molecule is COCCOc1cccc(C(=O)NC(CCN(CCCCc2ccc3c(n2)NCCC3)C2CC2)C(=O)O)c1. The van der Waals surface area contributed by atoms with E-state index in [2.05, 4.69) is 27.7 Å². The highest BCUT2D eigenvalue weighted by Gasteiger charge is 2.30. The number of hydrogen-bond acceptors (Lipinski definition) is 7. The number of nitrogens with one attached hydrogen (secondary N) is 2. The van der Waals surface area contributed by atoms with Crippen LogP contribution in [0.5, 0.6) is 5.75 Å². The van der Waals surface area contributed by atoms with E-state index in [1.165, 1.54) is 5.56 Å². The molecule has 3 N–H and O–H groups in total. The standard InChI is InChI=1S/C29H40N4O5/c1-37-18-19-38-25-9-4-6-22(20-25)28(34)32-26(29(35)36)14-17-33(24-12-13-24)16-3-2-8-23-11-10-21-7-5-15-30-27(21)31-23/h4,6,9-11,20,24,26H,2-3,5,7-8,12-19H2,1H3,(H,30,31)(H,32,34)(H,35,36). The summed E-state index contributed by atoms with van der Waals surface area (Å²) in [5.74, 6) is 0.150. The Hall–Kier alpha value is -3.17. The second-order valence-corrected chi connectivity index (χ2v) is 10.1. The Labute approximate surface area is 224 Å². The van der Waals surface area contributed by atoms with Gasteiger partial charge in [0.1, 0.15) is 24.2 Å². The molecule has 1 atom stereocenters. The maximum absolute atomic E-state index is 12.8. The zero-order chi connectivity index (χ0) is 26.7. The summed E-state index contributed by atoms with van der Waals surface area (Å²) in [6, 6.07) is 10.7. The Balaban J connectivity index is 1.23. The quantitative estimate of drug-likeness (QED) is 0.286. The Bertz CT molecular complexity index is 1070. The highest BCUT2D eigenvalue weighted by atomic mass is 16.5. The molecule has 1 aliphatic carbocycles. The molecule has 9 nitrogen and oxygen atoms in total. The molecule has 1 aromatic heterocycles. The molecule has 4 rings (SSSR count). The number of nitrogens with zero attached hydrogens (tertiary/aromatic N) is 2. The van der Waals surface area contributed by atoms with Gasteiger partial charge in [-0.1, -0.05) is 12.1 Å². The number of aryl methyl sites for hydroxylation is 2. The number of benzene rings is 1. The summed E-state index contributed by atoms with van der Waals surface area (Å²) in [5, 5.41) is 15.9. The van der Waals surface area contributed by atoms with Crippen LogP contribution in [0.2, 0.25) is 0 Å². The molecule has 206 valence electrons. The predicted octanol–water partition coefficient (Wildman–Crippen LogP) is 3.53. The molecule has 1 saturated carbocycles. The van der Waals surface area contributed by atoms with Gasteiger partial charge in [-0.05, 0) is 87.7 Å². The van der Waals surface area contributed by atoms with Crippen molar-refractivity contribution in [1.82, 2.24) is 15.2 Å². The first kappa shape index (κ1) is 27.9. The lowest BCUT2D eigenvalue weighted by Gasteiger charge is -2.24. The fraction of sp³-hybridized carbons (Fsp3) is 0.552. The van der Waals surface area contributed by atoms with Gasteiger partial charge in [0, 0.05) is 37.5 Å². The minimum Gasteiger partial charge on any atom is -0.491 e. The highest BCUT2D eigenvalue weighted by Crippen LogP contribution is 2.28. The molecule has 1 unspecified atom stereocenters. The molecule has 1 fully saturated rings. The number of amides is 1. The second kappa shape index (κ2) is 14.1. The summed E-state index contributed by atoms with van der Waals surface area (Å²) in [7, 11) is 1.59. The molecular weight excluding hydrogens is 484 g/mol. The van der Waals surface area contributed by atoms with E-state index in [4.69, 9.17) is 14.5 Å². The summed E-state index contributed by atoms with van der Waals surface area (Å²) >= 11 is 0. The number of carbonyl (C=O) groups is 2. The fourth-order valence-electron chi connectivity index (χ4n) is 4.81. The van der Waals surface area contributed by atoms with Gasteiger partial charge < -0.3 is 30.1 Å². The average molecular weight is 525 g/mol. The van der Waals surface area contributed by atoms with Gasteiger partial charge in [-0.15, -0.1) is 0 Å². The van der Waals surface area contributed by atoms with Gasteiger partial charge in [0.2, 0.25) is 0 Å². The minimum absolute atomic E-state index is 0.361. The van der Waals surface area contributed by atoms with Crippen molar-refractivity contribution in [3.05, 3.63) is 53.2 Å². The average Bonchev–Trinajstić information content (AvgIpc) is 3.77.